The van der Waals surface area contributed by atoms with Crippen LogP contribution in [0.3, 0.4) is 0 Å². The summed E-state index contributed by atoms with van der Waals surface area (Å²) in [5.74, 6) is -1.32. The molecule has 0 bridgehead atoms. The van der Waals surface area contributed by atoms with Crippen molar-refractivity contribution < 1.29 is 14.3 Å². The van der Waals surface area contributed by atoms with Gasteiger partial charge < -0.3 is 10.4 Å². The molecule has 21 heavy (non-hydrogen) atoms. The summed E-state index contributed by atoms with van der Waals surface area (Å²) >= 11 is 11.4. The zero-order valence-electron chi connectivity index (χ0n) is 10.8. The minimum absolute atomic E-state index is 0.0392. The van der Waals surface area contributed by atoms with Crippen LogP contribution in [0.1, 0.15) is 22.0 Å². The van der Waals surface area contributed by atoms with Crippen LogP contribution in [0.25, 0.3) is 0 Å². The van der Waals surface area contributed by atoms with Crippen LogP contribution < -0.4 is 5.32 Å². The summed E-state index contributed by atoms with van der Waals surface area (Å²) in [4.78, 5) is 11.8. The highest BCUT2D eigenvalue weighted by atomic mass is 35.5. The third-order valence-electron chi connectivity index (χ3n) is 2.89. The fourth-order valence-corrected chi connectivity index (χ4v) is 2.05. The summed E-state index contributed by atoms with van der Waals surface area (Å²) in [6, 6.07) is 10.4. The van der Waals surface area contributed by atoms with E-state index < -0.39 is 17.8 Å². The second-order valence-corrected chi connectivity index (χ2v) is 5.27. The van der Waals surface area contributed by atoms with Crippen molar-refractivity contribution in [1.29, 1.82) is 0 Å². The molecule has 110 valence electrons. The van der Waals surface area contributed by atoms with Crippen LogP contribution in [0.5, 0.6) is 0 Å². The molecular weight excluding hydrogens is 316 g/mol. The van der Waals surface area contributed by atoms with Crippen LogP contribution in [0, 0.1) is 5.82 Å². The second kappa shape index (κ2) is 6.89. The standard InChI is InChI=1S/C15H12Cl2FNO2/c16-10-3-1-9(2-4-10)14(20)8-19-15(21)12-6-5-11(17)7-13(12)18/h1-7,14,20H,8H2,(H,19,21). The number of benzene rings is 2. The van der Waals surface area contributed by atoms with E-state index in [2.05, 4.69) is 5.32 Å². The van der Waals surface area contributed by atoms with Gasteiger partial charge in [0.2, 0.25) is 0 Å². The van der Waals surface area contributed by atoms with E-state index in [4.69, 9.17) is 23.2 Å². The predicted octanol–water partition coefficient (Wildman–Crippen LogP) is 3.60. The SMILES string of the molecule is O=C(NCC(O)c1ccc(Cl)cc1)c1ccc(Cl)cc1F. The van der Waals surface area contributed by atoms with Crippen LogP contribution in [0.4, 0.5) is 4.39 Å². The van der Waals surface area contributed by atoms with Gasteiger partial charge in [0.25, 0.3) is 5.91 Å². The molecule has 1 unspecified atom stereocenters. The molecule has 0 aliphatic carbocycles. The van der Waals surface area contributed by atoms with E-state index >= 15 is 0 Å². The van der Waals surface area contributed by atoms with Crippen molar-refractivity contribution in [2.45, 2.75) is 6.10 Å². The first kappa shape index (κ1) is 15.8. The third-order valence-corrected chi connectivity index (χ3v) is 3.37. The number of nitrogens with one attached hydrogen (secondary N) is 1. The van der Waals surface area contributed by atoms with Gasteiger partial charge >= 0.3 is 0 Å². The van der Waals surface area contributed by atoms with Crippen molar-refractivity contribution in [3.63, 3.8) is 0 Å². The van der Waals surface area contributed by atoms with Gasteiger partial charge in [-0.1, -0.05) is 35.3 Å². The van der Waals surface area contributed by atoms with Crippen LogP contribution in [-0.4, -0.2) is 17.6 Å². The number of aliphatic hydroxyl groups excluding tert-OH is 1. The molecule has 0 aliphatic heterocycles. The Hall–Kier alpha value is -1.62. The van der Waals surface area contributed by atoms with E-state index in [1.807, 2.05) is 0 Å². The quantitative estimate of drug-likeness (QED) is 0.901. The van der Waals surface area contributed by atoms with Gasteiger partial charge in [-0.05, 0) is 35.9 Å². The molecule has 0 heterocycles. The first-order chi connectivity index (χ1) is 9.97. The number of halogens is 3. The Kier molecular flexibility index (Phi) is 5.17. The smallest absolute Gasteiger partial charge is 0.254 e. The Morgan fingerprint density at radius 3 is 2.38 bits per heavy atom. The molecule has 2 aromatic rings. The number of aliphatic hydroxyl groups is 1. The van der Waals surface area contributed by atoms with Gasteiger partial charge in [0.05, 0.1) is 11.7 Å². The van der Waals surface area contributed by atoms with E-state index in [-0.39, 0.29) is 17.1 Å². The van der Waals surface area contributed by atoms with Gasteiger partial charge in [0.1, 0.15) is 5.82 Å². The number of carbonyl (C=O) groups excluding carboxylic acids is 1. The highest BCUT2D eigenvalue weighted by Gasteiger charge is 2.14. The van der Waals surface area contributed by atoms with E-state index in [0.29, 0.717) is 10.6 Å². The highest BCUT2D eigenvalue weighted by molar-refractivity contribution is 6.30. The number of amides is 1. The van der Waals surface area contributed by atoms with Gasteiger partial charge in [-0.2, -0.15) is 0 Å². The molecule has 1 amide bonds. The van der Waals surface area contributed by atoms with Crippen molar-refractivity contribution in [3.05, 3.63) is 69.5 Å². The fraction of sp³-hybridized carbons (Fsp3) is 0.133. The van der Waals surface area contributed by atoms with Crippen LogP contribution in [0.2, 0.25) is 10.0 Å². The Morgan fingerprint density at radius 2 is 1.76 bits per heavy atom. The van der Waals surface area contributed by atoms with E-state index in [9.17, 15) is 14.3 Å². The number of carbonyl (C=O) groups is 1. The van der Waals surface area contributed by atoms with Crippen LogP contribution >= 0.6 is 23.2 Å². The fourth-order valence-electron chi connectivity index (χ4n) is 1.76. The van der Waals surface area contributed by atoms with E-state index in [1.54, 1.807) is 24.3 Å². The topological polar surface area (TPSA) is 49.3 Å². The second-order valence-electron chi connectivity index (χ2n) is 4.40. The minimum atomic E-state index is -0.901. The van der Waals surface area contributed by atoms with Crippen molar-refractivity contribution in [1.82, 2.24) is 5.32 Å². The molecule has 3 nitrogen and oxygen atoms in total. The average Bonchev–Trinajstić information content (AvgIpc) is 2.45. The van der Waals surface area contributed by atoms with Gasteiger partial charge in [-0.15, -0.1) is 0 Å². The lowest BCUT2D eigenvalue weighted by molar-refractivity contribution is 0.0912. The summed E-state index contributed by atoms with van der Waals surface area (Å²) in [6.07, 6.45) is -0.901. The number of hydrogen-bond donors (Lipinski definition) is 2. The van der Waals surface area contributed by atoms with Crippen LogP contribution in [-0.2, 0) is 0 Å². The van der Waals surface area contributed by atoms with E-state index in [0.717, 1.165) is 6.07 Å². The largest absolute Gasteiger partial charge is 0.387 e. The molecule has 0 radical (unpaired) electrons. The summed E-state index contributed by atoms with van der Waals surface area (Å²) in [5.41, 5.74) is 0.485. The molecule has 0 saturated heterocycles. The van der Waals surface area contributed by atoms with Gasteiger partial charge in [0, 0.05) is 16.6 Å². The van der Waals surface area contributed by atoms with E-state index in [1.165, 1.54) is 12.1 Å². The van der Waals surface area contributed by atoms with Gasteiger partial charge in [-0.25, -0.2) is 4.39 Å². The maximum absolute atomic E-state index is 13.6. The Morgan fingerprint density at radius 1 is 1.14 bits per heavy atom. The average molecular weight is 328 g/mol. The molecule has 1 atom stereocenters. The predicted molar refractivity (Wildman–Crippen MR) is 80.2 cm³/mol. The minimum Gasteiger partial charge on any atom is -0.387 e. The summed E-state index contributed by atoms with van der Waals surface area (Å²) in [7, 11) is 0. The van der Waals surface area contributed by atoms with Crippen molar-refractivity contribution in [2.75, 3.05) is 6.54 Å². The summed E-state index contributed by atoms with van der Waals surface area (Å²) < 4.78 is 13.6. The Balaban J connectivity index is 1.99. The molecule has 2 aromatic carbocycles. The molecule has 0 saturated carbocycles. The molecule has 0 aliphatic rings. The van der Waals surface area contributed by atoms with Crippen molar-refractivity contribution in [3.8, 4) is 0 Å². The lowest BCUT2D eigenvalue weighted by Crippen LogP contribution is -2.29. The van der Waals surface area contributed by atoms with Crippen molar-refractivity contribution >= 4 is 29.1 Å². The monoisotopic (exact) mass is 327 g/mol. The lowest BCUT2D eigenvalue weighted by Gasteiger charge is -2.12. The Bertz CT molecular complexity index is 647. The third kappa shape index (κ3) is 4.17. The maximum Gasteiger partial charge on any atom is 0.254 e. The molecule has 0 fully saturated rings. The summed E-state index contributed by atoms with van der Waals surface area (Å²) in [6.45, 7) is -0.0392. The van der Waals surface area contributed by atoms with Gasteiger partial charge in [0.15, 0.2) is 0 Å². The molecule has 0 aromatic heterocycles. The van der Waals surface area contributed by atoms with Crippen LogP contribution in [0.15, 0.2) is 42.5 Å². The molecule has 2 N–H and O–H groups in total. The normalized spacial score (nSPS) is 12.0. The zero-order chi connectivity index (χ0) is 15.4. The zero-order valence-corrected chi connectivity index (χ0v) is 12.3. The number of rotatable bonds is 4. The molecule has 6 heteroatoms. The molecule has 2 rings (SSSR count). The first-order valence-corrected chi connectivity index (χ1v) is 6.90. The number of hydrogen-bond acceptors (Lipinski definition) is 2. The lowest BCUT2D eigenvalue weighted by atomic mass is 10.1. The molecular formula is C15H12Cl2FNO2. The Labute approximate surface area is 131 Å². The van der Waals surface area contributed by atoms with Crippen molar-refractivity contribution in [2.24, 2.45) is 0 Å². The highest BCUT2D eigenvalue weighted by Crippen LogP contribution is 2.17. The first-order valence-electron chi connectivity index (χ1n) is 6.14. The maximum atomic E-state index is 13.6. The summed E-state index contributed by atoms with van der Waals surface area (Å²) in [5, 5.41) is 13.2. The molecule has 0 spiro atoms. The van der Waals surface area contributed by atoms with Gasteiger partial charge in [-0.3, -0.25) is 4.79 Å².